The fourth-order valence-electron chi connectivity index (χ4n) is 1.60. The van der Waals surface area contributed by atoms with Gasteiger partial charge >= 0.3 is 0 Å². The van der Waals surface area contributed by atoms with Gasteiger partial charge in [-0.2, -0.15) is 0 Å². The van der Waals surface area contributed by atoms with Gasteiger partial charge in [-0.15, -0.1) is 0 Å². The van der Waals surface area contributed by atoms with Crippen molar-refractivity contribution in [2.75, 3.05) is 6.61 Å². The number of ether oxygens (including phenoxy) is 1. The molecule has 2 N–H and O–H groups in total. The van der Waals surface area contributed by atoms with Crippen molar-refractivity contribution in [2.45, 2.75) is 51.8 Å². The van der Waals surface area contributed by atoms with E-state index in [1.165, 1.54) is 6.42 Å². The van der Waals surface area contributed by atoms with E-state index in [1.54, 1.807) is 0 Å². The summed E-state index contributed by atoms with van der Waals surface area (Å²) in [5, 5.41) is 7.14. The Labute approximate surface area is 91.6 Å². The third-order valence-corrected chi connectivity index (χ3v) is 2.54. The van der Waals surface area contributed by atoms with Gasteiger partial charge in [-0.05, 0) is 45.8 Å². The molecule has 82 valence electrons. The van der Waals surface area contributed by atoms with E-state index >= 15 is 0 Å². The van der Waals surface area contributed by atoms with E-state index in [4.69, 9.17) is 17.0 Å². The zero-order valence-electron chi connectivity index (χ0n) is 9.17. The minimum absolute atomic E-state index is 0.302. The molecule has 1 fully saturated rings. The lowest BCUT2D eigenvalue weighted by atomic mass is 10.1. The maximum absolute atomic E-state index is 5.57. The Bertz CT molecular complexity index is 191. The van der Waals surface area contributed by atoms with Crippen LogP contribution in [-0.2, 0) is 4.74 Å². The molecule has 0 radical (unpaired) electrons. The Morgan fingerprint density at radius 2 is 2.07 bits per heavy atom. The van der Waals surface area contributed by atoms with Crippen molar-refractivity contribution < 1.29 is 4.74 Å². The highest BCUT2D eigenvalue weighted by Crippen LogP contribution is 2.15. The summed E-state index contributed by atoms with van der Waals surface area (Å²) in [6.07, 6.45) is 2.63. The van der Waals surface area contributed by atoms with Gasteiger partial charge in [-0.25, -0.2) is 0 Å². The highest BCUT2D eigenvalue weighted by molar-refractivity contribution is 7.80. The Morgan fingerprint density at radius 1 is 1.36 bits per heavy atom. The second-order valence-corrected chi connectivity index (χ2v) is 4.52. The molecular weight excluding hydrogens is 196 g/mol. The Hall–Kier alpha value is -0.350. The van der Waals surface area contributed by atoms with Crippen LogP contribution in [0.1, 0.15) is 33.6 Å². The summed E-state index contributed by atoms with van der Waals surface area (Å²) in [5.74, 6) is 0. The van der Waals surface area contributed by atoms with Gasteiger partial charge in [-0.1, -0.05) is 0 Å². The minimum Gasteiger partial charge on any atom is -0.376 e. The van der Waals surface area contributed by atoms with E-state index in [1.807, 2.05) is 0 Å². The zero-order chi connectivity index (χ0) is 10.6. The van der Waals surface area contributed by atoms with Gasteiger partial charge in [0.05, 0.1) is 12.1 Å². The maximum atomic E-state index is 5.57. The van der Waals surface area contributed by atoms with E-state index in [2.05, 4.69) is 31.4 Å². The van der Waals surface area contributed by atoms with E-state index in [-0.39, 0.29) is 0 Å². The summed E-state index contributed by atoms with van der Waals surface area (Å²) >= 11 is 5.16. The summed E-state index contributed by atoms with van der Waals surface area (Å²) in [6, 6.07) is 0.683. The minimum atomic E-state index is 0.302. The average Bonchev–Trinajstić information content (AvgIpc) is 2.53. The van der Waals surface area contributed by atoms with Crippen LogP contribution in [0, 0.1) is 0 Å². The van der Waals surface area contributed by atoms with Gasteiger partial charge in [-0.3, -0.25) is 0 Å². The van der Waals surface area contributed by atoms with E-state index in [0.717, 1.165) is 18.1 Å². The topological polar surface area (TPSA) is 33.3 Å². The van der Waals surface area contributed by atoms with Crippen LogP contribution in [0.4, 0.5) is 0 Å². The van der Waals surface area contributed by atoms with Gasteiger partial charge in [0.2, 0.25) is 0 Å². The Balaban J connectivity index is 2.24. The van der Waals surface area contributed by atoms with Crippen LogP contribution in [0.25, 0.3) is 0 Å². The molecular formula is C10H20N2OS. The number of hydrogen-bond donors (Lipinski definition) is 2. The molecule has 14 heavy (non-hydrogen) atoms. The van der Waals surface area contributed by atoms with Gasteiger partial charge in [0.25, 0.3) is 0 Å². The average molecular weight is 216 g/mol. The summed E-state index contributed by atoms with van der Waals surface area (Å²) in [4.78, 5) is 0. The molecule has 0 aromatic rings. The molecule has 1 rings (SSSR count). The highest BCUT2D eigenvalue weighted by Gasteiger charge is 2.22. The first-order valence-electron chi connectivity index (χ1n) is 5.28. The monoisotopic (exact) mass is 216 g/mol. The zero-order valence-corrected chi connectivity index (χ0v) is 9.99. The largest absolute Gasteiger partial charge is 0.376 e. The van der Waals surface area contributed by atoms with Gasteiger partial charge in [0.15, 0.2) is 5.11 Å². The molecule has 1 aliphatic heterocycles. The van der Waals surface area contributed by atoms with Crippen molar-refractivity contribution in [3.63, 3.8) is 0 Å². The molecule has 4 heteroatoms. The molecule has 1 aliphatic rings. The smallest absolute Gasteiger partial charge is 0.166 e. The van der Waals surface area contributed by atoms with Crippen LogP contribution in [0.15, 0.2) is 0 Å². The lowest BCUT2D eigenvalue weighted by molar-refractivity contribution is 0.0892. The SMILES string of the molecule is CC(C)NC(=S)NC(C)C1CCCO1. The molecule has 0 amide bonds. The van der Waals surface area contributed by atoms with Gasteiger partial charge < -0.3 is 15.4 Å². The van der Waals surface area contributed by atoms with Crippen LogP contribution in [0.3, 0.4) is 0 Å². The summed E-state index contributed by atoms with van der Waals surface area (Å²) in [6.45, 7) is 7.15. The molecule has 0 aliphatic carbocycles. The molecule has 1 saturated heterocycles. The van der Waals surface area contributed by atoms with Crippen LogP contribution < -0.4 is 10.6 Å². The van der Waals surface area contributed by atoms with Gasteiger partial charge in [0.1, 0.15) is 0 Å². The fraction of sp³-hybridized carbons (Fsp3) is 0.900. The van der Waals surface area contributed by atoms with Crippen molar-refractivity contribution in [3.8, 4) is 0 Å². The van der Waals surface area contributed by atoms with E-state index in [0.29, 0.717) is 18.2 Å². The van der Waals surface area contributed by atoms with E-state index < -0.39 is 0 Å². The van der Waals surface area contributed by atoms with Gasteiger partial charge in [0, 0.05) is 12.6 Å². The van der Waals surface area contributed by atoms with Crippen molar-refractivity contribution >= 4 is 17.3 Å². The predicted octanol–water partition coefficient (Wildman–Crippen LogP) is 1.43. The van der Waals surface area contributed by atoms with Crippen LogP contribution in [0.5, 0.6) is 0 Å². The quantitative estimate of drug-likeness (QED) is 0.699. The third kappa shape index (κ3) is 3.80. The second-order valence-electron chi connectivity index (χ2n) is 4.11. The Kier molecular flexibility index (Phi) is 4.62. The highest BCUT2D eigenvalue weighted by atomic mass is 32.1. The first-order chi connectivity index (χ1) is 6.59. The fourth-order valence-corrected chi connectivity index (χ4v) is 2.02. The molecule has 2 atom stereocenters. The molecule has 0 bridgehead atoms. The summed E-state index contributed by atoms with van der Waals surface area (Å²) in [5.41, 5.74) is 0. The maximum Gasteiger partial charge on any atom is 0.166 e. The molecule has 0 saturated carbocycles. The molecule has 1 heterocycles. The standard InChI is InChI=1S/C10H20N2OS/c1-7(2)11-10(14)12-8(3)9-5-4-6-13-9/h7-9H,4-6H2,1-3H3,(H2,11,12,14). The molecule has 0 spiro atoms. The van der Waals surface area contributed by atoms with Crippen molar-refractivity contribution in [1.29, 1.82) is 0 Å². The molecule has 0 aromatic heterocycles. The second kappa shape index (κ2) is 5.51. The molecule has 0 aromatic carbocycles. The van der Waals surface area contributed by atoms with E-state index in [9.17, 15) is 0 Å². The Morgan fingerprint density at radius 3 is 2.57 bits per heavy atom. The number of rotatable bonds is 3. The first kappa shape index (κ1) is 11.7. The summed E-state index contributed by atoms with van der Waals surface area (Å²) in [7, 11) is 0. The normalized spacial score (nSPS) is 23.6. The number of nitrogens with one attached hydrogen (secondary N) is 2. The first-order valence-corrected chi connectivity index (χ1v) is 5.69. The summed E-state index contributed by atoms with van der Waals surface area (Å²) < 4.78 is 5.57. The van der Waals surface area contributed by atoms with Crippen LogP contribution in [0.2, 0.25) is 0 Å². The molecule has 3 nitrogen and oxygen atoms in total. The van der Waals surface area contributed by atoms with Crippen LogP contribution in [-0.4, -0.2) is 29.9 Å². The number of hydrogen-bond acceptors (Lipinski definition) is 2. The molecule has 2 unspecified atom stereocenters. The number of thiocarbonyl (C=S) groups is 1. The predicted molar refractivity (Wildman–Crippen MR) is 62.4 cm³/mol. The van der Waals surface area contributed by atoms with Crippen molar-refractivity contribution in [2.24, 2.45) is 0 Å². The van der Waals surface area contributed by atoms with Crippen LogP contribution >= 0.6 is 12.2 Å². The van der Waals surface area contributed by atoms with Crippen molar-refractivity contribution in [1.82, 2.24) is 10.6 Å². The lowest BCUT2D eigenvalue weighted by Gasteiger charge is -2.22. The van der Waals surface area contributed by atoms with Crippen molar-refractivity contribution in [3.05, 3.63) is 0 Å². The third-order valence-electron chi connectivity index (χ3n) is 2.30. The lowest BCUT2D eigenvalue weighted by Crippen LogP contribution is -2.47.